The van der Waals surface area contributed by atoms with Crippen LogP contribution < -0.4 is 118 Å². The van der Waals surface area contributed by atoms with Crippen molar-refractivity contribution in [3.63, 3.8) is 0 Å². The predicted octanol–water partition coefficient (Wildman–Crippen LogP) is -4.16. The Morgan fingerprint density at radius 1 is 1.24 bits per heavy atom. The Bertz CT molecular complexity index is 1110. The van der Waals surface area contributed by atoms with Crippen LogP contribution in [0, 0.1) is 11.3 Å². The summed E-state index contributed by atoms with van der Waals surface area (Å²) in [6.07, 6.45) is 1.39. The van der Waals surface area contributed by atoms with Gasteiger partial charge < -0.3 is 20.0 Å². The van der Waals surface area contributed by atoms with Crippen LogP contribution in [0.4, 0.5) is 11.4 Å². The first-order valence-corrected chi connectivity index (χ1v) is 11.5. The molecule has 2 aromatic rings. The average molecular weight is 556 g/mol. The molecular weight excluding hydrogens is 537 g/mol. The van der Waals surface area contributed by atoms with E-state index in [1.807, 2.05) is 30.0 Å². The van der Waals surface area contributed by atoms with Gasteiger partial charge in [-0.05, 0) is 48.9 Å². The Morgan fingerprint density at radius 2 is 1.91 bits per heavy atom. The summed E-state index contributed by atoms with van der Waals surface area (Å²) in [6.45, 7) is 3.27. The van der Waals surface area contributed by atoms with E-state index >= 15 is 0 Å². The Morgan fingerprint density at radius 3 is 2.47 bits per heavy atom. The number of rotatable bonds is 11. The zero-order valence-electron chi connectivity index (χ0n) is 18.9. The van der Waals surface area contributed by atoms with Crippen LogP contribution in [0.15, 0.2) is 59.0 Å². The monoisotopic (exact) mass is 555 g/mol. The van der Waals surface area contributed by atoms with Gasteiger partial charge in [0.15, 0.2) is 0 Å². The number of anilines is 2. The molecule has 0 aliphatic rings. The van der Waals surface area contributed by atoms with Crippen LogP contribution in [-0.4, -0.2) is 37.7 Å². The van der Waals surface area contributed by atoms with Crippen LogP contribution in [0.25, 0.3) is 6.08 Å². The fourth-order valence-corrected chi connectivity index (χ4v) is 3.61. The van der Waals surface area contributed by atoms with E-state index in [2.05, 4.69) is 14.7 Å². The Labute approximate surface area is 287 Å². The van der Waals surface area contributed by atoms with Crippen molar-refractivity contribution in [1.29, 1.82) is 5.26 Å². The van der Waals surface area contributed by atoms with Gasteiger partial charge in [0.25, 0.3) is 5.91 Å². The van der Waals surface area contributed by atoms with Gasteiger partial charge in [0.05, 0.1) is 4.90 Å². The molecule has 0 aliphatic heterocycles. The molecule has 0 aromatic heterocycles. The number of benzene rings is 2. The number of hydrogen-bond donors (Lipinski definition) is 1. The molecule has 1 N–H and O–H groups in total. The maximum absolute atomic E-state index is 12.4. The van der Waals surface area contributed by atoms with Gasteiger partial charge in [-0.1, -0.05) is 18.2 Å². The second kappa shape index (κ2) is 17.7. The molecule has 0 aliphatic carbocycles. The number of amides is 1. The summed E-state index contributed by atoms with van der Waals surface area (Å²) in [5.41, 5.74) is 1.37. The van der Waals surface area contributed by atoms with Crippen LogP contribution in [-0.2, 0) is 24.3 Å². The molecule has 2 rings (SSSR count). The zero-order valence-corrected chi connectivity index (χ0v) is 26.8. The second-order valence-electron chi connectivity index (χ2n) is 6.24. The van der Waals surface area contributed by atoms with Crippen LogP contribution in [0.5, 0.6) is 0 Å². The first kappa shape index (κ1) is 34.4. The maximum Gasteiger partial charge on any atom is 1.00 e. The number of nitrogens with zero attached hydrogens (tertiary/aromatic N) is 2. The zero-order chi connectivity index (χ0) is 23.6. The van der Waals surface area contributed by atoms with E-state index in [0.29, 0.717) is 24.4 Å². The summed E-state index contributed by atoms with van der Waals surface area (Å²) < 4.78 is 37.6. The second-order valence-corrected chi connectivity index (χ2v) is 8.39. The third kappa shape index (κ3) is 11.6. The van der Waals surface area contributed by atoms with E-state index in [9.17, 15) is 28.3 Å². The Hall–Kier alpha value is 0.353. The molecule has 0 saturated carbocycles. The molecule has 170 valence electrons. The SMILES string of the molecule is CCN(CCSOO[O-])c1ccc(C=C(C#N)C(=O)Nc2cccc(S(=O)(=O)[O-])c2)cc1.[K+].[K+]. The number of nitriles is 1. The smallest absolute Gasteiger partial charge is 0.744 e. The van der Waals surface area contributed by atoms with E-state index in [-0.39, 0.29) is 114 Å². The summed E-state index contributed by atoms with van der Waals surface area (Å²) in [5, 5.41) is 24.9. The van der Waals surface area contributed by atoms with Crippen molar-refractivity contribution in [2.45, 2.75) is 11.8 Å². The third-order valence-electron chi connectivity index (χ3n) is 4.22. The molecule has 0 atom stereocenters. The number of hydrogen-bond acceptors (Lipinski definition) is 10. The van der Waals surface area contributed by atoms with Gasteiger partial charge in [0.1, 0.15) is 21.8 Å². The molecule has 10 nitrogen and oxygen atoms in total. The molecule has 0 unspecified atom stereocenters. The molecule has 0 radical (unpaired) electrons. The third-order valence-corrected chi connectivity index (χ3v) is 5.55. The van der Waals surface area contributed by atoms with Crippen molar-refractivity contribution >= 4 is 45.5 Å². The van der Waals surface area contributed by atoms with E-state index < -0.39 is 20.9 Å². The van der Waals surface area contributed by atoms with Crippen LogP contribution in [0.2, 0.25) is 0 Å². The molecule has 14 heteroatoms. The minimum absolute atomic E-state index is 0. The summed E-state index contributed by atoms with van der Waals surface area (Å²) in [5.74, 6) is -0.240. The minimum Gasteiger partial charge on any atom is -0.744 e. The number of carbonyl (C=O) groups is 1. The normalized spacial score (nSPS) is 10.9. The molecule has 1 amide bonds. The molecule has 2 aromatic carbocycles. The molecule has 0 saturated heterocycles. The minimum atomic E-state index is -4.67. The Balaban J connectivity index is 0.00000544. The Kier molecular flexibility index (Phi) is 17.9. The van der Waals surface area contributed by atoms with Crippen molar-refractivity contribution in [1.82, 2.24) is 0 Å². The van der Waals surface area contributed by atoms with Crippen LogP contribution in [0.1, 0.15) is 12.5 Å². The first-order valence-electron chi connectivity index (χ1n) is 9.20. The van der Waals surface area contributed by atoms with Gasteiger partial charge in [-0.15, -0.1) is 0 Å². The van der Waals surface area contributed by atoms with Gasteiger partial charge in [-0.25, -0.2) is 8.42 Å². The van der Waals surface area contributed by atoms with Crippen molar-refractivity contribution in [3.05, 3.63) is 59.7 Å². The summed E-state index contributed by atoms with van der Waals surface area (Å²) >= 11 is 0.895. The molecular formula is C20H19K2N3O7S2. The van der Waals surface area contributed by atoms with E-state index in [0.717, 1.165) is 29.9 Å². The summed E-state index contributed by atoms with van der Waals surface area (Å²) in [4.78, 5) is 14.0. The topological polar surface area (TPSA) is 155 Å². The summed E-state index contributed by atoms with van der Waals surface area (Å²) in [6, 6.07) is 13.8. The average Bonchev–Trinajstić information content (AvgIpc) is 2.77. The van der Waals surface area contributed by atoms with Crippen molar-refractivity contribution in [2.24, 2.45) is 0 Å². The molecule has 0 bridgehead atoms. The van der Waals surface area contributed by atoms with E-state index in [4.69, 9.17) is 0 Å². The predicted molar refractivity (Wildman–Crippen MR) is 116 cm³/mol. The first-order chi connectivity index (χ1) is 15.3. The quantitative estimate of drug-likeness (QED) is 0.0422. The van der Waals surface area contributed by atoms with Crippen molar-refractivity contribution < 1.29 is 135 Å². The molecule has 0 spiro atoms. The largest absolute Gasteiger partial charge is 1.00 e. The van der Waals surface area contributed by atoms with E-state index in [1.54, 1.807) is 12.1 Å². The molecule has 34 heavy (non-hydrogen) atoms. The van der Waals surface area contributed by atoms with Gasteiger partial charge in [0, 0.05) is 42.3 Å². The fourth-order valence-electron chi connectivity index (χ4n) is 2.70. The summed E-state index contributed by atoms with van der Waals surface area (Å²) in [7, 11) is -4.67. The standard InChI is InChI=1S/C20H21N3O7S2.2K/c1-2-23(10-11-31-30-29-25)18-8-6-15(7-9-18)12-16(14-21)20(24)22-17-4-3-5-19(13-17)32(26,27)28;;/h3-9,12-13,25H,2,10-11H2,1H3,(H,22,24)(H,26,27,28);;/q;2*+1/p-2. The van der Waals surface area contributed by atoms with Gasteiger partial charge in [-0.2, -0.15) is 9.60 Å². The van der Waals surface area contributed by atoms with Crippen LogP contribution in [0.3, 0.4) is 0 Å². The van der Waals surface area contributed by atoms with Crippen LogP contribution >= 0.6 is 12.0 Å². The fraction of sp³-hybridized carbons (Fsp3) is 0.200. The number of carbonyl (C=O) groups excluding carboxylic acids is 1. The van der Waals surface area contributed by atoms with E-state index in [1.165, 1.54) is 18.2 Å². The maximum atomic E-state index is 12.4. The van der Waals surface area contributed by atoms with Crippen molar-refractivity contribution in [2.75, 3.05) is 29.1 Å². The van der Waals surface area contributed by atoms with Gasteiger partial charge >= 0.3 is 103 Å². The molecule has 0 fully saturated rings. The molecule has 0 heterocycles. The van der Waals surface area contributed by atoms with Gasteiger partial charge in [-0.3, -0.25) is 9.83 Å². The van der Waals surface area contributed by atoms with Crippen molar-refractivity contribution in [3.8, 4) is 6.07 Å². The number of nitrogens with one attached hydrogen (secondary N) is 1. The van der Waals surface area contributed by atoms with Gasteiger partial charge in [0.2, 0.25) is 0 Å².